The molecule has 0 saturated carbocycles. The van der Waals surface area contributed by atoms with Crippen LogP contribution in [0.4, 0.5) is 0 Å². The minimum absolute atomic E-state index is 0.0761. The van der Waals surface area contributed by atoms with Gasteiger partial charge in [-0.1, -0.05) is 20.8 Å². The van der Waals surface area contributed by atoms with Crippen molar-refractivity contribution >= 4 is 5.91 Å². The van der Waals surface area contributed by atoms with Crippen molar-refractivity contribution in [2.45, 2.75) is 59.0 Å². The van der Waals surface area contributed by atoms with Gasteiger partial charge in [0, 0.05) is 26.6 Å². The predicted octanol–water partition coefficient (Wildman–Crippen LogP) is 2.84. The van der Waals surface area contributed by atoms with Gasteiger partial charge in [0.2, 0.25) is 5.91 Å². The standard InChI is InChI=1S/C14H27NO2/c1-14(2,3)11-13(16)15(4)9-8-12-7-5-6-10-17-12/h12H,5-11H2,1-4H3. The molecule has 3 nitrogen and oxygen atoms in total. The molecule has 1 amide bonds. The van der Waals surface area contributed by atoms with Crippen molar-refractivity contribution in [3.05, 3.63) is 0 Å². The average Bonchev–Trinajstić information content (AvgIpc) is 2.25. The Morgan fingerprint density at radius 3 is 2.59 bits per heavy atom. The fourth-order valence-corrected chi connectivity index (χ4v) is 2.09. The first-order chi connectivity index (χ1) is 7.88. The zero-order valence-electron chi connectivity index (χ0n) is 11.8. The Kier molecular flexibility index (Phi) is 5.44. The molecule has 100 valence electrons. The zero-order chi connectivity index (χ0) is 12.9. The summed E-state index contributed by atoms with van der Waals surface area (Å²) in [6.45, 7) is 8.01. The normalized spacial score (nSPS) is 21.3. The van der Waals surface area contributed by atoms with E-state index < -0.39 is 0 Å². The van der Waals surface area contributed by atoms with E-state index in [0.29, 0.717) is 12.5 Å². The first kappa shape index (κ1) is 14.5. The molecule has 1 atom stereocenters. The summed E-state index contributed by atoms with van der Waals surface area (Å²) in [6, 6.07) is 0. The largest absolute Gasteiger partial charge is 0.378 e. The van der Waals surface area contributed by atoms with Crippen LogP contribution in [0.5, 0.6) is 0 Å². The first-order valence-electron chi connectivity index (χ1n) is 6.74. The lowest BCUT2D eigenvalue weighted by molar-refractivity contribution is -0.132. The molecule has 0 aromatic rings. The van der Waals surface area contributed by atoms with E-state index in [1.807, 2.05) is 11.9 Å². The van der Waals surface area contributed by atoms with Gasteiger partial charge in [-0.05, 0) is 31.1 Å². The lowest BCUT2D eigenvalue weighted by Gasteiger charge is -2.27. The first-order valence-corrected chi connectivity index (χ1v) is 6.74. The number of nitrogens with zero attached hydrogens (tertiary/aromatic N) is 1. The molecule has 0 aromatic carbocycles. The Hall–Kier alpha value is -0.570. The summed E-state index contributed by atoms with van der Waals surface area (Å²) >= 11 is 0. The van der Waals surface area contributed by atoms with Gasteiger partial charge in [0.15, 0.2) is 0 Å². The van der Waals surface area contributed by atoms with Crippen LogP contribution >= 0.6 is 0 Å². The molecule has 0 radical (unpaired) electrons. The second-order valence-electron chi connectivity index (χ2n) is 6.33. The molecule has 1 aliphatic rings. The molecular formula is C14H27NO2. The van der Waals surface area contributed by atoms with Gasteiger partial charge in [-0.25, -0.2) is 0 Å². The Morgan fingerprint density at radius 1 is 1.35 bits per heavy atom. The maximum Gasteiger partial charge on any atom is 0.222 e. The van der Waals surface area contributed by atoms with E-state index in [2.05, 4.69) is 20.8 Å². The van der Waals surface area contributed by atoms with E-state index in [9.17, 15) is 4.79 Å². The highest BCUT2D eigenvalue weighted by molar-refractivity contribution is 5.76. The lowest BCUT2D eigenvalue weighted by Crippen LogP contribution is -2.33. The summed E-state index contributed by atoms with van der Waals surface area (Å²) in [4.78, 5) is 13.8. The van der Waals surface area contributed by atoms with Crippen LogP contribution in [-0.4, -0.2) is 37.1 Å². The molecule has 1 heterocycles. The molecule has 0 aliphatic carbocycles. The summed E-state index contributed by atoms with van der Waals surface area (Å²) in [7, 11) is 1.90. The third kappa shape index (κ3) is 6.06. The van der Waals surface area contributed by atoms with E-state index in [1.165, 1.54) is 12.8 Å². The van der Waals surface area contributed by atoms with Gasteiger partial charge < -0.3 is 9.64 Å². The third-order valence-electron chi connectivity index (χ3n) is 3.17. The van der Waals surface area contributed by atoms with Crippen LogP contribution in [-0.2, 0) is 9.53 Å². The van der Waals surface area contributed by atoms with Gasteiger partial charge in [0.1, 0.15) is 0 Å². The molecule has 0 N–H and O–H groups in total. The molecule has 0 bridgehead atoms. The molecule has 3 heteroatoms. The van der Waals surface area contributed by atoms with Crippen molar-refractivity contribution in [2.75, 3.05) is 20.2 Å². The molecule has 17 heavy (non-hydrogen) atoms. The lowest BCUT2D eigenvalue weighted by atomic mass is 9.91. The van der Waals surface area contributed by atoms with Crippen molar-refractivity contribution in [1.82, 2.24) is 4.90 Å². The molecule has 1 saturated heterocycles. The van der Waals surface area contributed by atoms with Crippen LogP contribution < -0.4 is 0 Å². The van der Waals surface area contributed by atoms with Gasteiger partial charge in [-0.2, -0.15) is 0 Å². The molecule has 1 rings (SSSR count). The highest BCUT2D eigenvalue weighted by Crippen LogP contribution is 2.20. The van der Waals surface area contributed by atoms with E-state index in [4.69, 9.17) is 4.74 Å². The average molecular weight is 241 g/mol. The molecular weight excluding hydrogens is 214 g/mol. The van der Waals surface area contributed by atoms with Crippen LogP contribution in [0.15, 0.2) is 0 Å². The molecule has 1 fully saturated rings. The number of carbonyl (C=O) groups excluding carboxylic acids is 1. The van der Waals surface area contributed by atoms with Gasteiger partial charge in [-0.15, -0.1) is 0 Å². The van der Waals surface area contributed by atoms with Crippen LogP contribution in [0.1, 0.15) is 52.9 Å². The zero-order valence-corrected chi connectivity index (χ0v) is 11.8. The number of ether oxygens (including phenoxy) is 1. The van der Waals surface area contributed by atoms with Gasteiger partial charge in [0.05, 0.1) is 6.10 Å². The number of hydrogen-bond donors (Lipinski definition) is 0. The minimum Gasteiger partial charge on any atom is -0.378 e. The van der Waals surface area contributed by atoms with Crippen molar-refractivity contribution in [3.8, 4) is 0 Å². The van der Waals surface area contributed by atoms with Crippen LogP contribution in [0.25, 0.3) is 0 Å². The Labute approximate surface area is 106 Å². The fourth-order valence-electron chi connectivity index (χ4n) is 2.09. The van der Waals surface area contributed by atoms with Gasteiger partial charge >= 0.3 is 0 Å². The van der Waals surface area contributed by atoms with Crippen molar-refractivity contribution in [1.29, 1.82) is 0 Å². The SMILES string of the molecule is CN(CCC1CCCCO1)C(=O)CC(C)(C)C. The molecule has 0 aromatic heterocycles. The van der Waals surface area contributed by atoms with Gasteiger partial charge in [0.25, 0.3) is 0 Å². The quantitative estimate of drug-likeness (QED) is 0.757. The Morgan fingerprint density at radius 2 is 2.06 bits per heavy atom. The summed E-state index contributed by atoms with van der Waals surface area (Å²) in [6.07, 6.45) is 5.58. The highest BCUT2D eigenvalue weighted by Gasteiger charge is 2.20. The Balaban J connectivity index is 2.23. The van der Waals surface area contributed by atoms with Crippen LogP contribution in [0, 0.1) is 5.41 Å². The maximum atomic E-state index is 11.9. The monoisotopic (exact) mass is 241 g/mol. The number of carbonyl (C=O) groups is 1. The van der Waals surface area contributed by atoms with E-state index in [0.717, 1.165) is 26.0 Å². The summed E-state index contributed by atoms with van der Waals surface area (Å²) in [5.41, 5.74) is 0.0761. The van der Waals surface area contributed by atoms with E-state index in [1.54, 1.807) is 0 Å². The molecule has 0 spiro atoms. The number of hydrogen-bond acceptors (Lipinski definition) is 2. The van der Waals surface area contributed by atoms with Crippen molar-refractivity contribution in [2.24, 2.45) is 5.41 Å². The summed E-state index contributed by atoms with van der Waals surface area (Å²) in [5.74, 6) is 0.244. The second-order valence-corrected chi connectivity index (χ2v) is 6.33. The molecule has 1 unspecified atom stereocenters. The third-order valence-corrected chi connectivity index (χ3v) is 3.17. The van der Waals surface area contributed by atoms with Crippen LogP contribution in [0.3, 0.4) is 0 Å². The number of amides is 1. The smallest absolute Gasteiger partial charge is 0.222 e. The van der Waals surface area contributed by atoms with E-state index >= 15 is 0 Å². The Bertz CT molecular complexity index is 239. The van der Waals surface area contributed by atoms with Crippen molar-refractivity contribution in [3.63, 3.8) is 0 Å². The second kappa shape index (κ2) is 6.39. The predicted molar refractivity (Wildman–Crippen MR) is 69.9 cm³/mol. The topological polar surface area (TPSA) is 29.5 Å². The summed E-state index contributed by atoms with van der Waals surface area (Å²) in [5, 5.41) is 0. The fraction of sp³-hybridized carbons (Fsp3) is 0.929. The maximum absolute atomic E-state index is 11.9. The minimum atomic E-state index is 0.0761. The molecule has 1 aliphatic heterocycles. The van der Waals surface area contributed by atoms with E-state index in [-0.39, 0.29) is 11.3 Å². The summed E-state index contributed by atoms with van der Waals surface area (Å²) < 4.78 is 5.67. The number of rotatable bonds is 4. The van der Waals surface area contributed by atoms with Crippen LogP contribution in [0.2, 0.25) is 0 Å². The van der Waals surface area contributed by atoms with Gasteiger partial charge in [-0.3, -0.25) is 4.79 Å². The highest BCUT2D eigenvalue weighted by atomic mass is 16.5. The van der Waals surface area contributed by atoms with Crippen molar-refractivity contribution < 1.29 is 9.53 Å².